The number of benzene rings is 1. The Kier molecular flexibility index (Phi) is 4.58. The molecule has 3 nitrogen and oxygen atoms in total. The van der Waals surface area contributed by atoms with Crippen LogP contribution in [0.3, 0.4) is 0 Å². The molecule has 2 rings (SSSR count). The summed E-state index contributed by atoms with van der Waals surface area (Å²) in [7, 11) is 0. The Hall–Kier alpha value is -1.36. The van der Waals surface area contributed by atoms with Crippen molar-refractivity contribution in [1.29, 1.82) is 0 Å². The minimum absolute atomic E-state index is 0.237. The fourth-order valence-corrected chi connectivity index (χ4v) is 2.60. The lowest BCUT2D eigenvalue weighted by atomic mass is 10.1. The van der Waals surface area contributed by atoms with Gasteiger partial charge in [0, 0.05) is 10.6 Å². The molecule has 0 spiro atoms. The van der Waals surface area contributed by atoms with Crippen LogP contribution in [-0.2, 0) is 0 Å². The van der Waals surface area contributed by atoms with Crippen molar-refractivity contribution in [3.63, 3.8) is 0 Å². The molecule has 19 heavy (non-hydrogen) atoms. The Labute approximate surface area is 124 Å². The van der Waals surface area contributed by atoms with Crippen LogP contribution in [0, 0.1) is 0 Å². The van der Waals surface area contributed by atoms with Gasteiger partial charge >= 0.3 is 0 Å². The van der Waals surface area contributed by atoms with Crippen molar-refractivity contribution in [3.05, 3.63) is 56.2 Å². The van der Waals surface area contributed by atoms with E-state index in [9.17, 15) is 4.79 Å². The zero-order valence-electron chi connectivity index (χ0n) is 9.98. The van der Waals surface area contributed by atoms with Crippen LogP contribution in [0.1, 0.15) is 22.2 Å². The molecule has 0 bridgehead atoms. The second-order valence-corrected chi connectivity index (χ2v) is 5.53. The third kappa shape index (κ3) is 3.56. The number of nitrogens with zero attached hydrogens (tertiary/aromatic N) is 1. The highest BCUT2D eigenvalue weighted by atomic mass is 35.5. The first-order valence-electron chi connectivity index (χ1n) is 5.41. The van der Waals surface area contributed by atoms with Crippen molar-refractivity contribution in [2.45, 2.75) is 6.92 Å². The first kappa shape index (κ1) is 14.1. The van der Waals surface area contributed by atoms with E-state index < -0.39 is 0 Å². The second kappa shape index (κ2) is 6.19. The van der Waals surface area contributed by atoms with Gasteiger partial charge in [-0.1, -0.05) is 35.3 Å². The summed E-state index contributed by atoms with van der Waals surface area (Å²) in [5, 5.41) is 6.93. The Morgan fingerprint density at radius 1 is 1.32 bits per heavy atom. The highest BCUT2D eigenvalue weighted by Crippen LogP contribution is 2.21. The van der Waals surface area contributed by atoms with Crippen LogP contribution in [0.4, 0.5) is 0 Å². The number of hydrogen-bond donors (Lipinski definition) is 1. The molecule has 1 aromatic heterocycles. The van der Waals surface area contributed by atoms with Gasteiger partial charge in [-0.2, -0.15) is 5.10 Å². The lowest BCUT2D eigenvalue weighted by Gasteiger charge is -2.04. The molecule has 0 aliphatic carbocycles. The topological polar surface area (TPSA) is 41.5 Å². The van der Waals surface area contributed by atoms with Gasteiger partial charge in [-0.15, -0.1) is 11.3 Å². The van der Waals surface area contributed by atoms with Crippen LogP contribution in [0.25, 0.3) is 0 Å². The molecule has 1 N–H and O–H groups in total. The number of thiophene rings is 1. The number of carbonyl (C=O) groups is 1. The third-order valence-electron chi connectivity index (χ3n) is 2.39. The monoisotopic (exact) mass is 312 g/mol. The average molecular weight is 313 g/mol. The molecule has 1 aromatic carbocycles. The lowest BCUT2D eigenvalue weighted by molar-refractivity contribution is 0.0959. The zero-order valence-corrected chi connectivity index (χ0v) is 12.3. The number of hydrogen-bond acceptors (Lipinski definition) is 3. The van der Waals surface area contributed by atoms with Crippen molar-refractivity contribution in [2.75, 3.05) is 0 Å². The molecule has 6 heteroatoms. The maximum atomic E-state index is 11.7. The molecule has 0 unspecified atom stereocenters. The molecule has 2 aromatic rings. The molecule has 0 saturated carbocycles. The van der Waals surface area contributed by atoms with Gasteiger partial charge in [0.15, 0.2) is 0 Å². The van der Waals surface area contributed by atoms with Gasteiger partial charge in [0.2, 0.25) is 0 Å². The summed E-state index contributed by atoms with van der Waals surface area (Å²) in [6, 6.07) is 8.68. The number of nitrogens with one attached hydrogen (secondary N) is 1. The van der Waals surface area contributed by atoms with E-state index in [0.29, 0.717) is 20.6 Å². The fraction of sp³-hybridized carbons (Fsp3) is 0.0769. The number of carbonyl (C=O) groups excluding carboxylic acids is 1. The fourth-order valence-electron chi connectivity index (χ4n) is 1.44. The Bertz CT molecular complexity index is 624. The maximum absolute atomic E-state index is 11.7. The first-order valence-corrected chi connectivity index (χ1v) is 7.05. The minimum Gasteiger partial charge on any atom is -0.266 e. The Morgan fingerprint density at radius 3 is 2.74 bits per heavy atom. The lowest BCUT2D eigenvalue weighted by Crippen LogP contribution is -2.18. The van der Waals surface area contributed by atoms with E-state index in [1.807, 2.05) is 11.4 Å². The van der Waals surface area contributed by atoms with Gasteiger partial charge in [0.25, 0.3) is 5.91 Å². The maximum Gasteiger partial charge on any atom is 0.281 e. The summed E-state index contributed by atoms with van der Waals surface area (Å²) in [6.45, 7) is 1.77. The Morgan fingerprint density at radius 2 is 2.11 bits per heavy atom. The van der Waals surface area contributed by atoms with Gasteiger partial charge in [-0.3, -0.25) is 4.79 Å². The van der Waals surface area contributed by atoms with Crippen molar-refractivity contribution < 1.29 is 4.79 Å². The Balaban J connectivity index is 2.13. The van der Waals surface area contributed by atoms with Gasteiger partial charge in [-0.05, 0) is 30.5 Å². The second-order valence-electron chi connectivity index (χ2n) is 3.74. The predicted molar refractivity (Wildman–Crippen MR) is 80.5 cm³/mol. The molecule has 98 valence electrons. The van der Waals surface area contributed by atoms with Gasteiger partial charge in [-0.25, -0.2) is 5.43 Å². The third-order valence-corrected chi connectivity index (χ3v) is 3.81. The smallest absolute Gasteiger partial charge is 0.266 e. The quantitative estimate of drug-likeness (QED) is 0.669. The standard InChI is InChI=1S/C13H10Cl2N2OS/c1-8(10-5-4-9(14)7-11(10)15)16-17-13(18)12-3-2-6-19-12/h2-7H,1H3,(H,17,18). The SMILES string of the molecule is CC(=NNC(=O)c1cccs1)c1ccc(Cl)cc1Cl. The molecule has 0 aliphatic heterocycles. The van der Waals surface area contributed by atoms with E-state index in [0.717, 1.165) is 5.56 Å². The summed E-state index contributed by atoms with van der Waals surface area (Å²) < 4.78 is 0. The van der Waals surface area contributed by atoms with Crippen LogP contribution in [0.2, 0.25) is 10.0 Å². The number of halogens is 2. The summed E-state index contributed by atoms with van der Waals surface area (Å²) in [6.07, 6.45) is 0. The summed E-state index contributed by atoms with van der Waals surface area (Å²) in [4.78, 5) is 12.3. The van der Waals surface area contributed by atoms with E-state index >= 15 is 0 Å². The minimum atomic E-state index is -0.237. The number of hydrazone groups is 1. The highest BCUT2D eigenvalue weighted by Gasteiger charge is 2.07. The molecule has 0 radical (unpaired) electrons. The highest BCUT2D eigenvalue weighted by molar-refractivity contribution is 7.12. The predicted octanol–water partition coefficient (Wildman–Crippen LogP) is 4.21. The van der Waals surface area contributed by atoms with Crippen LogP contribution in [-0.4, -0.2) is 11.6 Å². The molecular formula is C13H10Cl2N2OS. The summed E-state index contributed by atoms with van der Waals surface area (Å²) in [5.41, 5.74) is 3.84. The van der Waals surface area contributed by atoms with E-state index in [-0.39, 0.29) is 5.91 Å². The summed E-state index contributed by atoms with van der Waals surface area (Å²) >= 11 is 13.2. The summed E-state index contributed by atoms with van der Waals surface area (Å²) in [5.74, 6) is -0.237. The van der Waals surface area contributed by atoms with E-state index in [4.69, 9.17) is 23.2 Å². The van der Waals surface area contributed by atoms with Crippen molar-refractivity contribution >= 4 is 46.2 Å². The molecule has 0 atom stereocenters. The largest absolute Gasteiger partial charge is 0.281 e. The number of rotatable bonds is 3. The van der Waals surface area contributed by atoms with Crippen LogP contribution in [0.15, 0.2) is 40.8 Å². The van der Waals surface area contributed by atoms with Crippen molar-refractivity contribution in [1.82, 2.24) is 5.43 Å². The van der Waals surface area contributed by atoms with E-state index in [1.54, 1.807) is 31.2 Å². The van der Waals surface area contributed by atoms with Crippen LogP contribution >= 0.6 is 34.5 Å². The van der Waals surface area contributed by atoms with Crippen LogP contribution in [0.5, 0.6) is 0 Å². The molecule has 0 fully saturated rings. The molecule has 1 amide bonds. The van der Waals surface area contributed by atoms with Crippen molar-refractivity contribution in [3.8, 4) is 0 Å². The zero-order chi connectivity index (χ0) is 13.8. The van der Waals surface area contributed by atoms with Crippen LogP contribution < -0.4 is 5.43 Å². The normalized spacial score (nSPS) is 11.4. The molecule has 0 aliphatic rings. The van der Waals surface area contributed by atoms with Crippen molar-refractivity contribution in [2.24, 2.45) is 5.10 Å². The average Bonchev–Trinajstić information content (AvgIpc) is 2.89. The number of amides is 1. The molecule has 0 saturated heterocycles. The van der Waals surface area contributed by atoms with E-state index in [1.165, 1.54) is 11.3 Å². The first-order chi connectivity index (χ1) is 9.08. The van der Waals surface area contributed by atoms with E-state index in [2.05, 4.69) is 10.5 Å². The molecular weight excluding hydrogens is 303 g/mol. The van der Waals surface area contributed by atoms with Gasteiger partial charge in [0.05, 0.1) is 15.6 Å². The van der Waals surface area contributed by atoms with Gasteiger partial charge in [0.1, 0.15) is 0 Å². The molecule has 1 heterocycles. The van der Waals surface area contributed by atoms with Gasteiger partial charge < -0.3 is 0 Å².